The normalized spacial score (nSPS) is 15.5. The molecule has 0 radical (unpaired) electrons. The number of benzene rings is 2. The van der Waals surface area contributed by atoms with Crippen molar-refractivity contribution < 1.29 is 14.4 Å². The number of aromatic nitrogens is 2. The quantitative estimate of drug-likeness (QED) is 0.462. The number of amides is 3. The lowest BCUT2D eigenvalue weighted by molar-refractivity contribution is -0.120. The van der Waals surface area contributed by atoms with Gasteiger partial charge in [0.15, 0.2) is 0 Å². The molecule has 1 fully saturated rings. The van der Waals surface area contributed by atoms with E-state index in [1.165, 1.54) is 11.3 Å². The number of para-hydroxylation sites is 1. The van der Waals surface area contributed by atoms with Gasteiger partial charge in [0.05, 0.1) is 0 Å². The summed E-state index contributed by atoms with van der Waals surface area (Å²) >= 11 is 1.29. The van der Waals surface area contributed by atoms with Crippen LogP contribution in [0.3, 0.4) is 0 Å². The Morgan fingerprint density at radius 1 is 1.06 bits per heavy atom. The molecular weight excluding hydrogens is 462 g/mol. The first-order chi connectivity index (χ1) is 16.9. The summed E-state index contributed by atoms with van der Waals surface area (Å²) in [5.41, 5.74) is 3.07. The van der Waals surface area contributed by atoms with Crippen LogP contribution < -0.4 is 15.5 Å². The van der Waals surface area contributed by atoms with Gasteiger partial charge >= 0.3 is 0 Å². The number of aryl methyl sites for hydroxylation is 1. The second-order valence-electron chi connectivity index (χ2n) is 8.67. The van der Waals surface area contributed by atoms with Crippen LogP contribution in [0.2, 0.25) is 0 Å². The summed E-state index contributed by atoms with van der Waals surface area (Å²) in [6, 6.07) is 14.6. The van der Waals surface area contributed by atoms with E-state index in [0.29, 0.717) is 29.3 Å². The van der Waals surface area contributed by atoms with Crippen molar-refractivity contribution in [3.63, 3.8) is 0 Å². The summed E-state index contributed by atoms with van der Waals surface area (Å²) in [7, 11) is 0. The van der Waals surface area contributed by atoms with Crippen molar-refractivity contribution in [1.29, 1.82) is 0 Å². The largest absolute Gasteiger partial charge is 0.326 e. The standard InChI is InChI=1S/C26H29N5O3S/c1-4-17(5-2)23(33)27-20-12-10-18(11-13-20)24(34)28-26-30-29-25(35-26)19-14-22(32)31(15-19)21-9-7-6-8-16(21)3/h6-13,17,19H,4-5,14-15H2,1-3H3,(H,27,33)(H,28,30,34). The highest BCUT2D eigenvalue weighted by Gasteiger charge is 2.34. The summed E-state index contributed by atoms with van der Waals surface area (Å²) in [6.07, 6.45) is 1.93. The van der Waals surface area contributed by atoms with Gasteiger partial charge in [-0.1, -0.05) is 43.4 Å². The zero-order valence-electron chi connectivity index (χ0n) is 20.1. The monoisotopic (exact) mass is 491 g/mol. The Morgan fingerprint density at radius 2 is 1.77 bits per heavy atom. The number of nitrogens with zero attached hydrogens (tertiary/aromatic N) is 3. The SMILES string of the molecule is CCC(CC)C(=O)Nc1ccc(C(=O)Nc2nnc(C3CC(=O)N(c4ccccc4C)C3)s2)cc1. The lowest BCUT2D eigenvalue weighted by Crippen LogP contribution is -2.25. The molecule has 0 saturated carbocycles. The van der Waals surface area contributed by atoms with E-state index < -0.39 is 0 Å². The zero-order chi connectivity index (χ0) is 24.9. The van der Waals surface area contributed by atoms with Crippen molar-refractivity contribution in [1.82, 2.24) is 10.2 Å². The number of rotatable bonds is 8. The number of hydrogen-bond acceptors (Lipinski definition) is 6. The van der Waals surface area contributed by atoms with Gasteiger partial charge in [-0.2, -0.15) is 0 Å². The molecule has 3 aromatic rings. The molecule has 1 unspecified atom stereocenters. The Labute approximate surface area is 208 Å². The lowest BCUT2D eigenvalue weighted by atomic mass is 10.0. The predicted molar refractivity (Wildman–Crippen MR) is 138 cm³/mol. The van der Waals surface area contributed by atoms with Gasteiger partial charge in [0, 0.05) is 41.7 Å². The van der Waals surface area contributed by atoms with Crippen LogP contribution >= 0.6 is 11.3 Å². The summed E-state index contributed by atoms with van der Waals surface area (Å²) in [4.78, 5) is 39.4. The van der Waals surface area contributed by atoms with E-state index in [1.807, 2.05) is 45.0 Å². The number of hydrogen-bond donors (Lipinski definition) is 2. The van der Waals surface area contributed by atoms with Gasteiger partial charge in [0.2, 0.25) is 16.9 Å². The van der Waals surface area contributed by atoms with Crippen LogP contribution in [-0.2, 0) is 9.59 Å². The van der Waals surface area contributed by atoms with E-state index in [-0.39, 0.29) is 29.6 Å². The molecule has 1 atom stereocenters. The van der Waals surface area contributed by atoms with Crippen molar-refractivity contribution in [2.24, 2.45) is 5.92 Å². The first kappa shape index (κ1) is 24.5. The van der Waals surface area contributed by atoms with E-state index in [9.17, 15) is 14.4 Å². The van der Waals surface area contributed by atoms with Gasteiger partial charge in [0.1, 0.15) is 5.01 Å². The number of carbonyl (C=O) groups is 3. The minimum atomic E-state index is -0.311. The molecule has 35 heavy (non-hydrogen) atoms. The number of anilines is 3. The fourth-order valence-corrected chi connectivity index (χ4v) is 5.03. The third-order valence-electron chi connectivity index (χ3n) is 6.31. The Morgan fingerprint density at radius 3 is 2.46 bits per heavy atom. The molecule has 1 aliphatic rings. The molecule has 2 N–H and O–H groups in total. The highest BCUT2D eigenvalue weighted by molar-refractivity contribution is 7.15. The third-order valence-corrected chi connectivity index (χ3v) is 7.31. The fourth-order valence-electron chi connectivity index (χ4n) is 4.20. The summed E-state index contributed by atoms with van der Waals surface area (Å²) in [5, 5.41) is 15.1. The highest BCUT2D eigenvalue weighted by Crippen LogP contribution is 2.35. The Balaban J connectivity index is 1.37. The lowest BCUT2D eigenvalue weighted by Gasteiger charge is -2.18. The minimum Gasteiger partial charge on any atom is -0.326 e. The molecule has 2 heterocycles. The van der Waals surface area contributed by atoms with E-state index in [2.05, 4.69) is 20.8 Å². The van der Waals surface area contributed by atoms with Crippen LogP contribution in [0.15, 0.2) is 48.5 Å². The van der Waals surface area contributed by atoms with E-state index in [4.69, 9.17) is 0 Å². The second-order valence-corrected chi connectivity index (χ2v) is 9.68. The summed E-state index contributed by atoms with van der Waals surface area (Å²) in [6.45, 7) is 6.51. The van der Waals surface area contributed by atoms with Gasteiger partial charge in [0.25, 0.3) is 5.91 Å². The van der Waals surface area contributed by atoms with E-state index in [1.54, 1.807) is 29.2 Å². The van der Waals surface area contributed by atoms with Crippen molar-refractivity contribution >= 4 is 45.6 Å². The second kappa shape index (κ2) is 10.8. The number of nitrogens with one attached hydrogen (secondary N) is 2. The summed E-state index contributed by atoms with van der Waals surface area (Å²) in [5.74, 6) is -0.359. The van der Waals surface area contributed by atoms with Crippen molar-refractivity contribution in [2.45, 2.75) is 46.0 Å². The highest BCUT2D eigenvalue weighted by atomic mass is 32.1. The molecule has 9 heteroatoms. The molecule has 8 nitrogen and oxygen atoms in total. The van der Waals surface area contributed by atoms with Crippen LogP contribution in [0.4, 0.5) is 16.5 Å². The van der Waals surface area contributed by atoms with Gasteiger partial charge in [-0.05, 0) is 55.7 Å². The Bertz CT molecular complexity index is 1220. The molecule has 1 saturated heterocycles. The molecule has 4 rings (SSSR count). The molecule has 2 aromatic carbocycles. The topological polar surface area (TPSA) is 104 Å². The molecule has 0 spiro atoms. The van der Waals surface area contributed by atoms with Crippen LogP contribution in [0.25, 0.3) is 0 Å². The Kier molecular flexibility index (Phi) is 7.55. The summed E-state index contributed by atoms with van der Waals surface area (Å²) < 4.78 is 0. The molecule has 182 valence electrons. The predicted octanol–water partition coefficient (Wildman–Crippen LogP) is 4.99. The van der Waals surface area contributed by atoms with Crippen LogP contribution in [-0.4, -0.2) is 34.5 Å². The molecule has 0 bridgehead atoms. The van der Waals surface area contributed by atoms with E-state index in [0.717, 1.165) is 29.1 Å². The molecule has 1 aliphatic heterocycles. The molecule has 1 aromatic heterocycles. The van der Waals surface area contributed by atoms with Crippen LogP contribution in [0.1, 0.15) is 60.0 Å². The van der Waals surface area contributed by atoms with Gasteiger partial charge in [-0.25, -0.2) is 0 Å². The molecular formula is C26H29N5O3S. The molecule has 0 aliphatic carbocycles. The maximum Gasteiger partial charge on any atom is 0.257 e. The van der Waals surface area contributed by atoms with Crippen molar-refractivity contribution in [2.75, 3.05) is 22.1 Å². The van der Waals surface area contributed by atoms with Crippen molar-refractivity contribution in [3.8, 4) is 0 Å². The van der Waals surface area contributed by atoms with Gasteiger partial charge in [-0.15, -0.1) is 10.2 Å². The average molecular weight is 492 g/mol. The maximum absolute atomic E-state index is 12.7. The molecule has 3 amide bonds. The van der Waals surface area contributed by atoms with Crippen LogP contribution in [0, 0.1) is 12.8 Å². The fraction of sp³-hybridized carbons (Fsp3) is 0.346. The van der Waals surface area contributed by atoms with Gasteiger partial charge in [-0.3, -0.25) is 19.7 Å². The van der Waals surface area contributed by atoms with Crippen molar-refractivity contribution in [3.05, 3.63) is 64.7 Å². The minimum absolute atomic E-state index is 0.0139. The maximum atomic E-state index is 12.7. The van der Waals surface area contributed by atoms with E-state index >= 15 is 0 Å². The Hall–Kier alpha value is -3.59. The van der Waals surface area contributed by atoms with Gasteiger partial charge < -0.3 is 10.2 Å². The first-order valence-electron chi connectivity index (χ1n) is 11.8. The van der Waals surface area contributed by atoms with Crippen LogP contribution in [0.5, 0.6) is 0 Å². The smallest absolute Gasteiger partial charge is 0.257 e. The first-order valence-corrected chi connectivity index (χ1v) is 12.6. The number of carbonyl (C=O) groups excluding carboxylic acids is 3. The average Bonchev–Trinajstić information content (AvgIpc) is 3.47. The zero-order valence-corrected chi connectivity index (χ0v) is 20.9. The third kappa shape index (κ3) is 5.57.